The van der Waals surface area contributed by atoms with Crippen molar-refractivity contribution in [2.24, 2.45) is 0 Å². The molecule has 1 rings (SSSR count). The van der Waals surface area contributed by atoms with Crippen LogP contribution in [0.3, 0.4) is 0 Å². The van der Waals surface area contributed by atoms with Crippen molar-refractivity contribution >= 4 is 5.91 Å². The number of rotatable bonds is 6. The predicted octanol–water partition coefficient (Wildman–Crippen LogP) is 1.13. The lowest BCUT2D eigenvalue weighted by atomic mass is 10.1. The summed E-state index contributed by atoms with van der Waals surface area (Å²) in [6, 6.07) is 4.94. The summed E-state index contributed by atoms with van der Waals surface area (Å²) in [5.74, 6) is 0.181. The van der Waals surface area contributed by atoms with Crippen molar-refractivity contribution < 1.29 is 14.6 Å². The smallest absolute Gasteiger partial charge is 0.255 e. The minimum atomic E-state index is -0.308. The van der Waals surface area contributed by atoms with Crippen molar-refractivity contribution in [3.8, 4) is 11.5 Å². The average molecular weight is 252 g/mol. The van der Waals surface area contributed by atoms with Gasteiger partial charge in [0.05, 0.1) is 12.7 Å². The molecule has 1 amide bonds. The number of aromatic hydroxyl groups is 1. The number of phenolic OH excluding ortho intramolecular Hbond substituents is 1. The number of carbonyl (C=O) groups is 1. The molecule has 0 bridgehead atoms. The van der Waals surface area contributed by atoms with Gasteiger partial charge in [-0.2, -0.15) is 0 Å². The highest BCUT2D eigenvalue weighted by molar-refractivity contribution is 5.97. The first-order chi connectivity index (χ1) is 8.54. The zero-order valence-corrected chi connectivity index (χ0v) is 11.0. The first-order valence-electron chi connectivity index (χ1n) is 5.93. The monoisotopic (exact) mass is 252 g/mol. The molecule has 0 saturated carbocycles. The number of hydrogen-bond donors (Lipinski definition) is 3. The van der Waals surface area contributed by atoms with Gasteiger partial charge < -0.3 is 20.5 Å². The Kier molecular flexibility index (Phi) is 5.45. The number of ether oxygens (including phenoxy) is 1. The molecule has 1 aromatic rings. The summed E-state index contributed by atoms with van der Waals surface area (Å²) in [6.07, 6.45) is 0. The van der Waals surface area contributed by atoms with E-state index in [-0.39, 0.29) is 17.2 Å². The van der Waals surface area contributed by atoms with E-state index in [1.54, 1.807) is 6.07 Å². The molecule has 0 radical (unpaired) electrons. The molecule has 5 nitrogen and oxygen atoms in total. The van der Waals surface area contributed by atoms with Crippen molar-refractivity contribution in [3.63, 3.8) is 0 Å². The molecule has 0 aromatic heterocycles. The topological polar surface area (TPSA) is 70.6 Å². The van der Waals surface area contributed by atoms with Gasteiger partial charge in [0.1, 0.15) is 11.5 Å². The standard InChI is InChI=1S/C13H20N2O3/c1-9(2)14-6-7-15-13(17)11-8-10(18-3)4-5-12(11)16/h4-5,8-9,14,16H,6-7H2,1-3H3,(H,15,17). The first kappa shape index (κ1) is 14.3. The van der Waals surface area contributed by atoms with E-state index in [0.29, 0.717) is 24.9 Å². The SMILES string of the molecule is COc1ccc(O)c(C(=O)NCCNC(C)C)c1. The minimum Gasteiger partial charge on any atom is -0.507 e. The van der Waals surface area contributed by atoms with Crippen molar-refractivity contribution in [1.82, 2.24) is 10.6 Å². The quantitative estimate of drug-likeness (QED) is 0.664. The van der Waals surface area contributed by atoms with Crippen LogP contribution in [0.5, 0.6) is 11.5 Å². The van der Waals surface area contributed by atoms with Crippen LogP contribution in [-0.2, 0) is 0 Å². The van der Waals surface area contributed by atoms with Crippen LogP contribution in [0, 0.1) is 0 Å². The fraction of sp³-hybridized carbons (Fsp3) is 0.462. The van der Waals surface area contributed by atoms with Gasteiger partial charge in [0.25, 0.3) is 5.91 Å². The summed E-state index contributed by atoms with van der Waals surface area (Å²) in [5, 5.41) is 15.5. The maximum Gasteiger partial charge on any atom is 0.255 e. The van der Waals surface area contributed by atoms with E-state index in [0.717, 1.165) is 0 Å². The third-order valence-electron chi connectivity index (χ3n) is 2.41. The molecule has 5 heteroatoms. The molecule has 0 heterocycles. The first-order valence-corrected chi connectivity index (χ1v) is 5.93. The van der Waals surface area contributed by atoms with Gasteiger partial charge in [0.2, 0.25) is 0 Å². The molecule has 3 N–H and O–H groups in total. The number of hydrogen-bond acceptors (Lipinski definition) is 4. The number of methoxy groups -OCH3 is 1. The Morgan fingerprint density at radius 1 is 1.39 bits per heavy atom. The second-order valence-electron chi connectivity index (χ2n) is 4.25. The van der Waals surface area contributed by atoms with Gasteiger partial charge >= 0.3 is 0 Å². The summed E-state index contributed by atoms with van der Waals surface area (Å²) in [4.78, 5) is 11.8. The number of phenols is 1. The van der Waals surface area contributed by atoms with Crippen molar-refractivity contribution in [2.75, 3.05) is 20.2 Å². The van der Waals surface area contributed by atoms with Crippen LogP contribution in [0.1, 0.15) is 24.2 Å². The third kappa shape index (κ3) is 4.25. The van der Waals surface area contributed by atoms with E-state index >= 15 is 0 Å². The van der Waals surface area contributed by atoms with Crippen molar-refractivity contribution in [2.45, 2.75) is 19.9 Å². The Hall–Kier alpha value is -1.75. The lowest BCUT2D eigenvalue weighted by molar-refractivity contribution is 0.0950. The molecule has 0 atom stereocenters. The maximum atomic E-state index is 11.8. The molecular weight excluding hydrogens is 232 g/mol. The molecule has 0 aliphatic heterocycles. The Bertz CT molecular complexity index is 405. The zero-order chi connectivity index (χ0) is 13.5. The number of amides is 1. The van der Waals surface area contributed by atoms with Gasteiger partial charge in [-0.15, -0.1) is 0 Å². The second kappa shape index (κ2) is 6.86. The molecule has 0 aliphatic rings. The highest BCUT2D eigenvalue weighted by Gasteiger charge is 2.11. The Labute approximate surface area is 107 Å². The van der Waals surface area contributed by atoms with E-state index in [1.807, 2.05) is 13.8 Å². The van der Waals surface area contributed by atoms with Gasteiger partial charge in [-0.25, -0.2) is 0 Å². The summed E-state index contributed by atoms with van der Waals surface area (Å²) in [7, 11) is 1.51. The van der Waals surface area contributed by atoms with Crippen LogP contribution in [0.15, 0.2) is 18.2 Å². The van der Waals surface area contributed by atoms with Gasteiger partial charge in [0, 0.05) is 19.1 Å². The van der Waals surface area contributed by atoms with Crippen LogP contribution < -0.4 is 15.4 Å². The van der Waals surface area contributed by atoms with Crippen molar-refractivity contribution in [1.29, 1.82) is 0 Å². The Morgan fingerprint density at radius 3 is 2.72 bits per heavy atom. The summed E-state index contributed by atoms with van der Waals surface area (Å²) in [5.41, 5.74) is 0.221. The number of benzene rings is 1. The third-order valence-corrected chi connectivity index (χ3v) is 2.41. The van der Waals surface area contributed by atoms with E-state index in [9.17, 15) is 9.90 Å². The molecular formula is C13H20N2O3. The molecule has 0 spiro atoms. The van der Waals surface area contributed by atoms with Crippen LogP contribution in [-0.4, -0.2) is 37.3 Å². The van der Waals surface area contributed by atoms with Gasteiger partial charge in [0.15, 0.2) is 0 Å². The highest BCUT2D eigenvalue weighted by atomic mass is 16.5. The highest BCUT2D eigenvalue weighted by Crippen LogP contribution is 2.22. The fourth-order valence-electron chi connectivity index (χ4n) is 1.46. The number of carbonyl (C=O) groups excluding carboxylic acids is 1. The maximum absolute atomic E-state index is 11.8. The van der Waals surface area contributed by atoms with E-state index in [4.69, 9.17) is 4.74 Å². The molecule has 100 valence electrons. The average Bonchev–Trinajstić information content (AvgIpc) is 2.34. The molecule has 0 fully saturated rings. The van der Waals surface area contributed by atoms with E-state index in [1.165, 1.54) is 19.2 Å². The molecule has 1 aromatic carbocycles. The molecule has 18 heavy (non-hydrogen) atoms. The normalized spacial score (nSPS) is 10.4. The number of nitrogens with one attached hydrogen (secondary N) is 2. The summed E-state index contributed by atoms with van der Waals surface area (Å²) < 4.78 is 5.01. The van der Waals surface area contributed by atoms with Crippen LogP contribution in [0.25, 0.3) is 0 Å². The Morgan fingerprint density at radius 2 is 2.11 bits per heavy atom. The van der Waals surface area contributed by atoms with Crippen LogP contribution >= 0.6 is 0 Å². The summed E-state index contributed by atoms with van der Waals surface area (Å²) >= 11 is 0. The predicted molar refractivity (Wildman–Crippen MR) is 70.1 cm³/mol. The van der Waals surface area contributed by atoms with Gasteiger partial charge in [-0.3, -0.25) is 4.79 Å². The van der Waals surface area contributed by atoms with Gasteiger partial charge in [-0.1, -0.05) is 13.8 Å². The zero-order valence-electron chi connectivity index (χ0n) is 11.0. The van der Waals surface area contributed by atoms with Gasteiger partial charge in [-0.05, 0) is 18.2 Å². The van der Waals surface area contributed by atoms with E-state index in [2.05, 4.69) is 10.6 Å². The lowest BCUT2D eigenvalue weighted by Gasteiger charge is -2.10. The van der Waals surface area contributed by atoms with Crippen LogP contribution in [0.2, 0.25) is 0 Å². The largest absolute Gasteiger partial charge is 0.507 e. The summed E-state index contributed by atoms with van der Waals surface area (Å²) in [6.45, 7) is 5.27. The van der Waals surface area contributed by atoms with Crippen LogP contribution in [0.4, 0.5) is 0 Å². The second-order valence-corrected chi connectivity index (χ2v) is 4.25. The molecule has 0 aliphatic carbocycles. The van der Waals surface area contributed by atoms with Crippen molar-refractivity contribution in [3.05, 3.63) is 23.8 Å². The molecule has 0 saturated heterocycles. The Balaban J connectivity index is 2.55. The lowest BCUT2D eigenvalue weighted by Crippen LogP contribution is -2.34. The minimum absolute atomic E-state index is 0.0508. The fourth-order valence-corrected chi connectivity index (χ4v) is 1.46. The molecule has 0 unspecified atom stereocenters. The van der Waals surface area contributed by atoms with E-state index < -0.39 is 0 Å².